The van der Waals surface area contributed by atoms with Gasteiger partial charge in [0.2, 0.25) is 5.78 Å². The number of imidazole rings is 1. The van der Waals surface area contributed by atoms with E-state index >= 15 is 0 Å². The van der Waals surface area contributed by atoms with Gasteiger partial charge in [0.1, 0.15) is 17.3 Å². The van der Waals surface area contributed by atoms with Crippen LogP contribution in [0.3, 0.4) is 0 Å². The maximum Gasteiger partial charge on any atom is 0.353 e. The first-order chi connectivity index (χ1) is 12.1. The Hall–Kier alpha value is -3.48. The van der Waals surface area contributed by atoms with Gasteiger partial charge in [-0.15, -0.1) is 0 Å². The fraction of sp³-hybridized carbons (Fsp3) is 0.0556. The Labute approximate surface area is 141 Å². The van der Waals surface area contributed by atoms with Crippen LogP contribution in [0.2, 0.25) is 0 Å². The highest BCUT2D eigenvalue weighted by atomic mass is 19.1. The van der Waals surface area contributed by atoms with E-state index in [1.807, 2.05) is 0 Å². The minimum atomic E-state index is -1.15. The van der Waals surface area contributed by atoms with Gasteiger partial charge in [0.05, 0.1) is 23.8 Å². The number of benzene rings is 2. The predicted molar refractivity (Wildman–Crippen MR) is 89.4 cm³/mol. The summed E-state index contributed by atoms with van der Waals surface area (Å²) in [6, 6.07) is 12.8. The molecular formula is C18H12FN3O3. The van der Waals surface area contributed by atoms with Crippen molar-refractivity contribution >= 4 is 22.8 Å². The van der Waals surface area contributed by atoms with Gasteiger partial charge in [-0.1, -0.05) is 12.1 Å². The molecule has 0 saturated carbocycles. The average Bonchev–Trinajstić information content (AvgIpc) is 2.99. The van der Waals surface area contributed by atoms with Crippen molar-refractivity contribution in [1.29, 1.82) is 0 Å². The number of carbonyl (C=O) groups is 1. The van der Waals surface area contributed by atoms with Crippen LogP contribution in [-0.4, -0.2) is 32.6 Å². The molecule has 0 fully saturated rings. The van der Waals surface area contributed by atoms with Crippen LogP contribution in [0, 0.1) is 5.82 Å². The monoisotopic (exact) mass is 337 g/mol. The number of carboxylic acid groups (broad SMARTS) is 1. The second kappa shape index (κ2) is 5.55. The molecular weight excluding hydrogens is 325 g/mol. The van der Waals surface area contributed by atoms with Gasteiger partial charge in [0.15, 0.2) is 0 Å². The summed E-state index contributed by atoms with van der Waals surface area (Å²) in [5.41, 5.74) is 1.58. The molecule has 124 valence electrons. The van der Waals surface area contributed by atoms with Gasteiger partial charge in [-0.25, -0.2) is 19.2 Å². The number of fused-ring (bicyclic) bond motifs is 3. The second-order valence-corrected chi connectivity index (χ2v) is 5.41. The summed E-state index contributed by atoms with van der Waals surface area (Å²) in [6.45, 7) is 0. The molecule has 2 aromatic heterocycles. The zero-order valence-electron chi connectivity index (χ0n) is 13.1. The lowest BCUT2D eigenvalue weighted by atomic mass is 10.1. The predicted octanol–water partition coefficient (Wildman–Crippen LogP) is 3.40. The quantitative estimate of drug-likeness (QED) is 0.620. The molecule has 4 rings (SSSR count). The van der Waals surface area contributed by atoms with Crippen molar-refractivity contribution in [1.82, 2.24) is 14.4 Å². The topological polar surface area (TPSA) is 76.7 Å². The maximum atomic E-state index is 14.4. The number of carboxylic acids is 1. The fourth-order valence-electron chi connectivity index (χ4n) is 2.79. The summed E-state index contributed by atoms with van der Waals surface area (Å²) in [4.78, 5) is 20.4. The first-order valence-corrected chi connectivity index (χ1v) is 7.44. The highest BCUT2D eigenvalue weighted by Crippen LogP contribution is 2.27. The molecule has 4 aromatic rings. The summed E-state index contributed by atoms with van der Waals surface area (Å²) in [5.74, 6) is -1.13. The Morgan fingerprint density at radius 3 is 2.68 bits per heavy atom. The molecule has 0 spiro atoms. The molecule has 7 heteroatoms. The molecule has 0 atom stereocenters. The lowest BCUT2D eigenvalue weighted by Crippen LogP contribution is -2.07. The number of hydrogen-bond donors (Lipinski definition) is 1. The lowest BCUT2D eigenvalue weighted by Gasteiger charge is -2.08. The summed E-state index contributed by atoms with van der Waals surface area (Å²) < 4.78 is 20.8. The van der Waals surface area contributed by atoms with Crippen molar-refractivity contribution in [3.8, 4) is 17.0 Å². The van der Waals surface area contributed by atoms with E-state index in [9.17, 15) is 14.3 Å². The molecule has 0 aliphatic heterocycles. The standard InChI is InChI=1S/C18H12FN3O3/c1-25-10-6-7-11(12(19)8-10)14-9-16(17(23)24)22-15-5-3-2-4-13(15)20-18(22)21-14/h2-9H,1H3,(H,23,24). The van der Waals surface area contributed by atoms with Gasteiger partial charge in [0.25, 0.3) is 0 Å². The minimum Gasteiger partial charge on any atom is -0.497 e. The van der Waals surface area contributed by atoms with E-state index in [4.69, 9.17) is 4.74 Å². The number of halogens is 1. The van der Waals surface area contributed by atoms with E-state index in [-0.39, 0.29) is 22.7 Å². The van der Waals surface area contributed by atoms with E-state index in [1.54, 1.807) is 30.3 Å². The third kappa shape index (κ3) is 2.37. The van der Waals surface area contributed by atoms with E-state index in [0.717, 1.165) is 0 Å². The number of para-hydroxylation sites is 2. The molecule has 0 amide bonds. The van der Waals surface area contributed by atoms with Crippen LogP contribution in [0.4, 0.5) is 4.39 Å². The molecule has 0 aliphatic carbocycles. The van der Waals surface area contributed by atoms with Crippen molar-refractivity contribution in [2.75, 3.05) is 7.11 Å². The molecule has 25 heavy (non-hydrogen) atoms. The molecule has 0 unspecified atom stereocenters. The summed E-state index contributed by atoms with van der Waals surface area (Å²) in [7, 11) is 1.44. The molecule has 0 saturated heterocycles. The Balaban J connectivity index is 2.03. The second-order valence-electron chi connectivity index (χ2n) is 5.41. The molecule has 0 radical (unpaired) electrons. The van der Waals surface area contributed by atoms with Gasteiger partial charge in [0, 0.05) is 11.6 Å². The molecule has 2 aromatic carbocycles. The molecule has 6 nitrogen and oxygen atoms in total. The van der Waals surface area contributed by atoms with Gasteiger partial charge in [-0.3, -0.25) is 4.40 Å². The summed E-state index contributed by atoms with van der Waals surface area (Å²) in [5, 5.41) is 9.59. The Morgan fingerprint density at radius 2 is 1.96 bits per heavy atom. The number of methoxy groups -OCH3 is 1. The first-order valence-electron chi connectivity index (χ1n) is 7.44. The highest BCUT2D eigenvalue weighted by Gasteiger charge is 2.18. The third-order valence-corrected chi connectivity index (χ3v) is 3.95. The maximum absolute atomic E-state index is 14.4. The van der Waals surface area contributed by atoms with Crippen molar-refractivity contribution < 1.29 is 19.0 Å². The van der Waals surface area contributed by atoms with E-state index in [1.165, 1.54) is 29.7 Å². The SMILES string of the molecule is COc1ccc(-c2cc(C(=O)O)n3c(n2)nc2ccccc23)c(F)c1. The zero-order chi connectivity index (χ0) is 17.6. The van der Waals surface area contributed by atoms with E-state index in [0.29, 0.717) is 16.8 Å². The average molecular weight is 337 g/mol. The van der Waals surface area contributed by atoms with E-state index < -0.39 is 11.8 Å². The molecule has 0 bridgehead atoms. The van der Waals surface area contributed by atoms with Crippen molar-refractivity contribution in [3.05, 3.63) is 60.0 Å². The number of ether oxygens (including phenoxy) is 1. The highest BCUT2D eigenvalue weighted by molar-refractivity contribution is 5.92. The molecule has 0 aliphatic rings. The number of hydrogen-bond acceptors (Lipinski definition) is 4. The summed E-state index contributed by atoms with van der Waals surface area (Å²) >= 11 is 0. The third-order valence-electron chi connectivity index (χ3n) is 3.95. The Bertz CT molecular complexity index is 1140. The number of rotatable bonds is 3. The number of aromatic nitrogens is 3. The van der Waals surface area contributed by atoms with Crippen molar-refractivity contribution in [3.63, 3.8) is 0 Å². The Morgan fingerprint density at radius 1 is 1.16 bits per heavy atom. The van der Waals surface area contributed by atoms with Crippen LogP contribution in [-0.2, 0) is 0 Å². The Kier molecular flexibility index (Phi) is 3.35. The number of aromatic carboxylic acids is 1. The minimum absolute atomic E-state index is 0.0380. The van der Waals surface area contributed by atoms with Gasteiger partial charge in [-0.2, -0.15) is 0 Å². The molecule has 1 N–H and O–H groups in total. The van der Waals surface area contributed by atoms with Crippen LogP contribution < -0.4 is 4.74 Å². The molecule has 2 heterocycles. The number of nitrogens with zero attached hydrogens (tertiary/aromatic N) is 3. The largest absolute Gasteiger partial charge is 0.497 e. The van der Waals surface area contributed by atoms with Crippen LogP contribution in [0.25, 0.3) is 28.1 Å². The van der Waals surface area contributed by atoms with Crippen LogP contribution in [0.5, 0.6) is 5.75 Å². The first kappa shape index (κ1) is 15.1. The van der Waals surface area contributed by atoms with Crippen molar-refractivity contribution in [2.45, 2.75) is 0 Å². The van der Waals surface area contributed by atoms with Crippen molar-refractivity contribution in [2.24, 2.45) is 0 Å². The normalized spacial score (nSPS) is 11.1. The lowest BCUT2D eigenvalue weighted by molar-refractivity contribution is 0.0689. The summed E-state index contributed by atoms with van der Waals surface area (Å²) in [6.07, 6.45) is 0. The van der Waals surface area contributed by atoms with Crippen LogP contribution >= 0.6 is 0 Å². The van der Waals surface area contributed by atoms with Gasteiger partial charge < -0.3 is 9.84 Å². The van der Waals surface area contributed by atoms with Gasteiger partial charge in [-0.05, 0) is 30.3 Å². The fourth-order valence-corrected chi connectivity index (χ4v) is 2.79. The van der Waals surface area contributed by atoms with Crippen LogP contribution in [0.1, 0.15) is 10.5 Å². The van der Waals surface area contributed by atoms with E-state index in [2.05, 4.69) is 9.97 Å². The smallest absolute Gasteiger partial charge is 0.353 e. The zero-order valence-corrected chi connectivity index (χ0v) is 13.1. The van der Waals surface area contributed by atoms with Crippen LogP contribution in [0.15, 0.2) is 48.5 Å². The van der Waals surface area contributed by atoms with Gasteiger partial charge >= 0.3 is 5.97 Å².